The molecule has 1 fully saturated rings. The fourth-order valence-electron chi connectivity index (χ4n) is 3.54. The Morgan fingerprint density at radius 1 is 0.957 bits per heavy atom. The Balaban J connectivity index is 1.82. The van der Waals surface area contributed by atoms with Gasteiger partial charge in [0.15, 0.2) is 6.29 Å². The molecule has 1 rings (SSSR count). The van der Waals surface area contributed by atoms with E-state index in [1.165, 1.54) is 64.2 Å². The normalized spacial score (nSPS) is 21.1. The Kier molecular flexibility index (Phi) is 10.9. The number of hydrogen-bond donors (Lipinski definition) is 0. The van der Waals surface area contributed by atoms with E-state index in [-0.39, 0.29) is 0 Å². The first-order valence-electron chi connectivity index (χ1n) is 9.77. The highest BCUT2D eigenvalue weighted by atomic mass is 16.6. The first-order valence-corrected chi connectivity index (χ1v) is 9.77. The van der Waals surface area contributed by atoms with Crippen LogP contribution < -0.4 is 0 Å². The summed E-state index contributed by atoms with van der Waals surface area (Å²) in [6.07, 6.45) is 17.6. The summed E-state index contributed by atoms with van der Waals surface area (Å²) >= 11 is 0. The number of nitro groups is 1. The molecule has 0 heterocycles. The molecule has 0 saturated heterocycles. The Morgan fingerprint density at radius 2 is 1.48 bits per heavy atom. The van der Waals surface area contributed by atoms with Crippen molar-refractivity contribution in [2.24, 2.45) is 11.8 Å². The fraction of sp³-hybridized carbons (Fsp3) is 0.947. The minimum atomic E-state index is -0.987. The minimum Gasteiger partial charge on any atom is -0.296 e. The van der Waals surface area contributed by atoms with Gasteiger partial charge in [-0.3, -0.25) is 14.9 Å². The molecule has 0 aromatic rings. The Labute approximate surface area is 141 Å². The third-order valence-corrected chi connectivity index (χ3v) is 5.25. The molecule has 0 N–H and O–H groups in total. The van der Waals surface area contributed by atoms with Crippen molar-refractivity contribution in [1.82, 2.24) is 0 Å². The molecule has 3 atom stereocenters. The summed E-state index contributed by atoms with van der Waals surface area (Å²) < 4.78 is 0. The van der Waals surface area contributed by atoms with Crippen molar-refractivity contribution in [3.8, 4) is 0 Å². The van der Waals surface area contributed by atoms with Crippen molar-refractivity contribution in [3.05, 3.63) is 10.1 Å². The first-order chi connectivity index (χ1) is 11.2. The van der Waals surface area contributed by atoms with E-state index in [1.54, 1.807) is 0 Å². The van der Waals surface area contributed by atoms with Crippen LogP contribution in [0, 0.1) is 22.0 Å². The zero-order valence-electron chi connectivity index (χ0n) is 14.9. The molecular formula is C19H35NO3. The van der Waals surface area contributed by atoms with Crippen molar-refractivity contribution < 1.29 is 9.72 Å². The van der Waals surface area contributed by atoms with Gasteiger partial charge in [-0.05, 0) is 24.7 Å². The predicted octanol–water partition coefficient (Wildman–Crippen LogP) is 5.56. The standard InChI is InChI=1S/C19H35NO3/c1-2-3-4-9-12-17-15-18(17)13-10-7-5-6-8-11-14-19(16-21)20(22)23/h16-19H,2-15H2,1H3. The summed E-state index contributed by atoms with van der Waals surface area (Å²) in [5.41, 5.74) is 0. The summed E-state index contributed by atoms with van der Waals surface area (Å²) in [6, 6.07) is -0.987. The maximum atomic E-state index is 10.5. The van der Waals surface area contributed by atoms with E-state index in [1.807, 2.05) is 0 Å². The number of carbonyl (C=O) groups is 1. The molecule has 23 heavy (non-hydrogen) atoms. The summed E-state index contributed by atoms with van der Waals surface area (Å²) in [7, 11) is 0. The maximum Gasteiger partial charge on any atom is 0.267 e. The van der Waals surface area contributed by atoms with Gasteiger partial charge in [0.05, 0.1) is 0 Å². The van der Waals surface area contributed by atoms with Gasteiger partial charge in [-0.15, -0.1) is 0 Å². The molecule has 1 aliphatic carbocycles. The molecule has 134 valence electrons. The zero-order chi connectivity index (χ0) is 16.9. The zero-order valence-corrected chi connectivity index (χ0v) is 14.9. The van der Waals surface area contributed by atoms with E-state index >= 15 is 0 Å². The molecule has 4 nitrogen and oxygen atoms in total. The fourth-order valence-corrected chi connectivity index (χ4v) is 3.54. The summed E-state index contributed by atoms with van der Waals surface area (Å²) in [4.78, 5) is 20.5. The first kappa shape index (κ1) is 20.1. The van der Waals surface area contributed by atoms with Gasteiger partial charge in [0.1, 0.15) is 0 Å². The topological polar surface area (TPSA) is 60.2 Å². The molecule has 0 spiro atoms. The molecule has 0 aromatic carbocycles. The van der Waals surface area contributed by atoms with E-state index in [0.717, 1.165) is 31.1 Å². The second kappa shape index (κ2) is 12.5. The van der Waals surface area contributed by atoms with Gasteiger partial charge in [0, 0.05) is 11.3 Å². The largest absolute Gasteiger partial charge is 0.296 e. The lowest BCUT2D eigenvalue weighted by molar-refractivity contribution is -0.506. The number of hydrogen-bond acceptors (Lipinski definition) is 3. The summed E-state index contributed by atoms with van der Waals surface area (Å²) in [6.45, 7) is 2.27. The van der Waals surface area contributed by atoms with E-state index in [9.17, 15) is 14.9 Å². The quantitative estimate of drug-likeness (QED) is 0.161. The van der Waals surface area contributed by atoms with Gasteiger partial charge in [0.2, 0.25) is 0 Å². The third-order valence-electron chi connectivity index (χ3n) is 5.25. The number of aldehydes is 1. The Bertz CT molecular complexity index is 333. The maximum absolute atomic E-state index is 10.5. The number of unbranched alkanes of at least 4 members (excludes halogenated alkanes) is 8. The van der Waals surface area contributed by atoms with Crippen LogP contribution in [0.5, 0.6) is 0 Å². The van der Waals surface area contributed by atoms with Crippen molar-refractivity contribution >= 4 is 6.29 Å². The van der Waals surface area contributed by atoms with Crippen LogP contribution >= 0.6 is 0 Å². The highest BCUT2D eigenvalue weighted by Crippen LogP contribution is 2.45. The van der Waals surface area contributed by atoms with Gasteiger partial charge in [-0.2, -0.15) is 0 Å². The lowest BCUT2D eigenvalue weighted by Gasteiger charge is -2.04. The van der Waals surface area contributed by atoms with Gasteiger partial charge in [-0.25, -0.2) is 0 Å². The molecule has 1 aliphatic rings. The van der Waals surface area contributed by atoms with E-state index in [2.05, 4.69) is 6.92 Å². The highest BCUT2D eigenvalue weighted by Gasteiger charge is 2.34. The molecule has 0 aliphatic heterocycles. The van der Waals surface area contributed by atoms with Crippen LogP contribution in [0.2, 0.25) is 0 Å². The molecule has 0 bridgehead atoms. The van der Waals surface area contributed by atoms with E-state index in [0.29, 0.717) is 12.7 Å². The molecule has 4 heteroatoms. The SMILES string of the molecule is CCCCCCC1CC1CCCCCCCCC(C=O)[N+](=O)[O-]. The van der Waals surface area contributed by atoms with Crippen LogP contribution in [-0.4, -0.2) is 17.3 Å². The van der Waals surface area contributed by atoms with Gasteiger partial charge in [-0.1, -0.05) is 77.6 Å². The second-order valence-corrected chi connectivity index (χ2v) is 7.29. The van der Waals surface area contributed by atoms with Crippen molar-refractivity contribution in [3.63, 3.8) is 0 Å². The number of nitrogens with zero attached hydrogens (tertiary/aromatic N) is 1. The third kappa shape index (κ3) is 9.72. The smallest absolute Gasteiger partial charge is 0.267 e. The average molecular weight is 325 g/mol. The van der Waals surface area contributed by atoms with Crippen LogP contribution in [0.3, 0.4) is 0 Å². The Morgan fingerprint density at radius 3 is 2.00 bits per heavy atom. The monoisotopic (exact) mass is 325 g/mol. The second-order valence-electron chi connectivity index (χ2n) is 7.29. The number of carbonyl (C=O) groups excluding carboxylic acids is 1. The van der Waals surface area contributed by atoms with Crippen LogP contribution in [0.1, 0.15) is 96.8 Å². The van der Waals surface area contributed by atoms with E-state index in [4.69, 9.17) is 0 Å². The van der Waals surface area contributed by atoms with Crippen LogP contribution in [0.15, 0.2) is 0 Å². The molecule has 0 aromatic heterocycles. The molecule has 3 unspecified atom stereocenters. The van der Waals surface area contributed by atoms with Gasteiger partial charge >= 0.3 is 0 Å². The summed E-state index contributed by atoms with van der Waals surface area (Å²) in [5, 5.41) is 10.5. The Hall–Kier alpha value is -0.930. The van der Waals surface area contributed by atoms with E-state index < -0.39 is 11.0 Å². The van der Waals surface area contributed by atoms with Crippen molar-refractivity contribution in [2.45, 2.75) is 103 Å². The average Bonchev–Trinajstić information content (AvgIpc) is 3.28. The molecular weight excluding hydrogens is 290 g/mol. The van der Waals surface area contributed by atoms with Gasteiger partial charge in [0.25, 0.3) is 6.04 Å². The van der Waals surface area contributed by atoms with Crippen molar-refractivity contribution in [1.29, 1.82) is 0 Å². The predicted molar refractivity (Wildman–Crippen MR) is 94.1 cm³/mol. The van der Waals surface area contributed by atoms with Crippen LogP contribution in [0.25, 0.3) is 0 Å². The highest BCUT2D eigenvalue weighted by molar-refractivity contribution is 5.55. The van der Waals surface area contributed by atoms with Crippen molar-refractivity contribution in [2.75, 3.05) is 0 Å². The minimum absolute atomic E-state index is 0.401. The molecule has 1 saturated carbocycles. The van der Waals surface area contributed by atoms with Gasteiger partial charge < -0.3 is 0 Å². The molecule has 0 radical (unpaired) electrons. The summed E-state index contributed by atoms with van der Waals surface area (Å²) in [5.74, 6) is 2.05. The lowest BCUT2D eigenvalue weighted by atomic mass is 10.0. The number of rotatable bonds is 16. The molecule has 0 amide bonds. The lowest BCUT2D eigenvalue weighted by Crippen LogP contribution is -2.20. The van der Waals surface area contributed by atoms with Crippen LogP contribution in [0.4, 0.5) is 0 Å². The van der Waals surface area contributed by atoms with Crippen LogP contribution in [-0.2, 0) is 4.79 Å².